The summed E-state index contributed by atoms with van der Waals surface area (Å²) in [4.78, 5) is 85.3. The summed E-state index contributed by atoms with van der Waals surface area (Å²) in [5.74, 6) is -1.74. The van der Waals surface area contributed by atoms with Gasteiger partial charge >= 0.3 is 11.9 Å². The third-order valence-corrected chi connectivity index (χ3v) is 12.1. The fraction of sp³-hybridized carbons (Fsp3) is 0.348. The van der Waals surface area contributed by atoms with E-state index in [-0.39, 0.29) is 99.3 Å². The molecule has 2 aliphatic heterocycles. The highest BCUT2D eigenvalue weighted by Crippen LogP contribution is 2.35. The normalized spacial score (nSPS) is 15.5. The van der Waals surface area contributed by atoms with Crippen LogP contribution in [-0.4, -0.2) is 92.8 Å². The van der Waals surface area contributed by atoms with Crippen LogP contribution in [0.15, 0.2) is 72.8 Å². The monoisotopic (exact) mass is 1020 g/mol. The highest BCUT2D eigenvalue weighted by molar-refractivity contribution is 6.40. The summed E-state index contributed by atoms with van der Waals surface area (Å²) in [6.45, 7) is 0.990. The molecule has 4 aromatic rings. The minimum absolute atomic E-state index is 0.00314. The van der Waals surface area contributed by atoms with E-state index < -0.39 is 40.8 Å². The maximum atomic E-state index is 12.6. The Bertz CT molecular complexity index is 2490. The molecule has 0 saturated carbocycles. The van der Waals surface area contributed by atoms with Gasteiger partial charge in [0.1, 0.15) is 35.1 Å². The lowest BCUT2D eigenvalue weighted by Crippen LogP contribution is -2.42. The summed E-state index contributed by atoms with van der Waals surface area (Å²) in [7, 11) is 2.39. The van der Waals surface area contributed by atoms with Gasteiger partial charge in [0.2, 0.25) is 0 Å². The van der Waals surface area contributed by atoms with Gasteiger partial charge in [0.15, 0.2) is 0 Å². The Morgan fingerprint density at radius 3 is 1.50 bits per heavy atom. The first kappa shape index (κ1) is 52.9. The number of methoxy groups -OCH3 is 2. The van der Waals surface area contributed by atoms with Gasteiger partial charge in [0, 0.05) is 66.7 Å². The molecule has 2 aliphatic rings. The summed E-state index contributed by atoms with van der Waals surface area (Å²) >= 11 is 24.3. The molecule has 0 bridgehead atoms. The smallest absolute Gasteiger partial charge is 0.328 e. The van der Waals surface area contributed by atoms with E-state index in [2.05, 4.69) is 21.3 Å². The number of nitro groups is 1. The van der Waals surface area contributed by atoms with Crippen molar-refractivity contribution in [1.82, 2.24) is 21.3 Å². The Kier molecular flexibility index (Phi) is 19.8. The van der Waals surface area contributed by atoms with Crippen molar-refractivity contribution < 1.29 is 52.6 Å². The largest absolute Gasteiger partial charge is 0.493 e. The first-order valence-electron chi connectivity index (χ1n) is 21.1. The number of nitrogens with one attached hydrogen (secondary N) is 4. The van der Waals surface area contributed by atoms with Gasteiger partial charge < -0.3 is 45.9 Å². The molecule has 2 unspecified atom stereocenters. The second-order valence-electron chi connectivity index (χ2n) is 15.4. The third kappa shape index (κ3) is 14.5. The van der Waals surface area contributed by atoms with Crippen LogP contribution in [0.1, 0.15) is 82.5 Å². The Hall–Kier alpha value is -6.02. The van der Waals surface area contributed by atoms with Crippen LogP contribution in [0.2, 0.25) is 20.1 Å². The number of amides is 2. The van der Waals surface area contributed by atoms with Crippen molar-refractivity contribution in [3.63, 3.8) is 0 Å². The number of carbonyl (C=O) groups excluding carboxylic acids is 6. The standard InChI is InChI=1S/C23H23Cl2N3O7.C23H25Cl2N3O5/c1-34-23(31)19(27-22(30)21-16(24)3-2-4-17(21)25)7-6-14(29)12-26-18-9-10-35-20-8-5-13(28(32)33)11-15(18)20;1-32-23(31)19(28-22(30)21-16(24)3-2-4-17(21)25)7-6-14(29)12-27-18-9-10-33-20-8-5-13(26)11-15(18)20/h2-5,8,11,18-19,26H,6-7,9-10,12H2,1H3,(H,27,30);2-5,8,11,18-19,27H,6-7,9-10,12,26H2,1H3,(H,28,30)/t2*18?,19-/m00/s1. The number of nitro benzene ring substituents is 1. The minimum Gasteiger partial charge on any atom is -0.493 e. The molecule has 362 valence electrons. The highest BCUT2D eigenvalue weighted by atomic mass is 35.5. The number of benzene rings is 4. The predicted molar refractivity (Wildman–Crippen MR) is 254 cm³/mol. The SMILES string of the molecule is COC(=O)[C@H](CCC(=O)CNC1CCOc2ccc(N)cc21)NC(=O)c1c(Cl)cccc1Cl.COC(=O)[C@H](CCC(=O)CNC1CCOc2ccc([N+](=O)[O-])cc21)NC(=O)c1c(Cl)cccc1Cl. The van der Waals surface area contributed by atoms with E-state index in [0.717, 1.165) is 11.3 Å². The molecule has 0 aromatic heterocycles. The summed E-state index contributed by atoms with van der Waals surface area (Å²) in [6, 6.07) is 16.5. The summed E-state index contributed by atoms with van der Waals surface area (Å²) in [5, 5.41) is 23.1. The van der Waals surface area contributed by atoms with Crippen LogP contribution >= 0.6 is 46.4 Å². The van der Waals surface area contributed by atoms with Gasteiger partial charge in [-0.3, -0.25) is 29.3 Å². The van der Waals surface area contributed by atoms with E-state index in [0.29, 0.717) is 43.1 Å². The number of nitrogen functional groups attached to an aromatic ring is 1. The molecule has 2 heterocycles. The van der Waals surface area contributed by atoms with Gasteiger partial charge in [-0.15, -0.1) is 0 Å². The molecular formula is C46H48Cl4N6O12. The summed E-state index contributed by atoms with van der Waals surface area (Å²) < 4.78 is 20.7. The Morgan fingerprint density at radius 2 is 1.09 bits per heavy atom. The van der Waals surface area contributed by atoms with E-state index >= 15 is 0 Å². The number of esters is 2. The lowest BCUT2D eigenvalue weighted by atomic mass is 9.99. The van der Waals surface area contributed by atoms with Crippen molar-refractivity contribution in [3.8, 4) is 11.5 Å². The number of fused-ring (bicyclic) bond motifs is 2. The van der Waals surface area contributed by atoms with E-state index in [1.54, 1.807) is 18.2 Å². The molecule has 4 atom stereocenters. The van der Waals surface area contributed by atoms with Gasteiger partial charge in [-0.25, -0.2) is 9.59 Å². The molecule has 0 spiro atoms. The van der Waals surface area contributed by atoms with Gasteiger partial charge in [0.25, 0.3) is 17.5 Å². The molecular weight excluding hydrogens is 970 g/mol. The number of ketones is 2. The van der Waals surface area contributed by atoms with Crippen molar-refractivity contribution in [3.05, 3.63) is 125 Å². The van der Waals surface area contributed by atoms with Crippen LogP contribution in [-0.2, 0) is 28.7 Å². The maximum Gasteiger partial charge on any atom is 0.328 e. The molecule has 22 heteroatoms. The number of nitrogens with two attached hydrogens (primary N) is 1. The fourth-order valence-corrected chi connectivity index (χ4v) is 8.40. The zero-order chi connectivity index (χ0) is 49.5. The zero-order valence-electron chi connectivity index (χ0n) is 36.7. The topological polar surface area (TPSA) is 257 Å². The number of hydrogen-bond donors (Lipinski definition) is 5. The number of rotatable bonds is 19. The molecule has 0 radical (unpaired) electrons. The van der Waals surface area contributed by atoms with Crippen LogP contribution in [0.3, 0.4) is 0 Å². The lowest BCUT2D eigenvalue weighted by molar-refractivity contribution is -0.385. The number of halogens is 4. The van der Waals surface area contributed by atoms with Crippen LogP contribution in [0.4, 0.5) is 11.4 Å². The molecule has 6 rings (SSSR count). The molecule has 68 heavy (non-hydrogen) atoms. The van der Waals surface area contributed by atoms with Gasteiger partial charge in [-0.2, -0.15) is 0 Å². The highest BCUT2D eigenvalue weighted by Gasteiger charge is 2.29. The number of nitrogens with zero attached hydrogens (tertiary/aromatic N) is 1. The Labute approximate surface area is 410 Å². The average Bonchev–Trinajstić information content (AvgIpc) is 3.32. The number of ether oxygens (including phenoxy) is 4. The van der Waals surface area contributed by atoms with E-state index in [1.807, 2.05) is 12.1 Å². The fourth-order valence-electron chi connectivity index (χ4n) is 7.27. The van der Waals surface area contributed by atoms with Crippen LogP contribution < -0.4 is 36.5 Å². The van der Waals surface area contributed by atoms with Crippen molar-refractivity contribution in [2.24, 2.45) is 0 Å². The van der Waals surface area contributed by atoms with E-state index in [4.69, 9.17) is 71.1 Å². The van der Waals surface area contributed by atoms with Crippen LogP contribution in [0.25, 0.3) is 0 Å². The number of non-ortho nitro benzene ring substituents is 1. The Balaban J connectivity index is 0.000000255. The maximum absolute atomic E-state index is 12.6. The third-order valence-electron chi connectivity index (χ3n) is 10.8. The quantitative estimate of drug-likeness (QED) is 0.0276. The van der Waals surface area contributed by atoms with Gasteiger partial charge in [0.05, 0.1) is 76.7 Å². The predicted octanol–water partition coefficient (Wildman–Crippen LogP) is 6.95. The molecule has 0 aliphatic carbocycles. The molecule has 6 N–H and O–H groups in total. The summed E-state index contributed by atoms with van der Waals surface area (Å²) in [5.41, 5.74) is 8.02. The summed E-state index contributed by atoms with van der Waals surface area (Å²) in [6.07, 6.45) is 1.31. The Morgan fingerprint density at radius 1 is 0.676 bits per heavy atom. The molecule has 18 nitrogen and oxygen atoms in total. The van der Waals surface area contributed by atoms with E-state index in [1.165, 1.54) is 56.7 Å². The van der Waals surface area contributed by atoms with Crippen molar-refractivity contribution in [1.29, 1.82) is 0 Å². The lowest BCUT2D eigenvalue weighted by Gasteiger charge is -2.27. The zero-order valence-corrected chi connectivity index (χ0v) is 39.8. The van der Waals surface area contributed by atoms with Gasteiger partial charge in [-0.1, -0.05) is 58.5 Å². The second-order valence-corrected chi connectivity index (χ2v) is 17.0. The minimum atomic E-state index is -1.09. The van der Waals surface area contributed by atoms with Crippen molar-refractivity contribution in [2.45, 2.75) is 62.7 Å². The van der Waals surface area contributed by atoms with Crippen molar-refractivity contribution in [2.75, 3.05) is 46.3 Å². The molecule has 4 aromatic carbocycles. The first-order valence-corrected chi connectivity index (χ1v) is 22.6. The van der Waals surface area contributed by atoms with Crippen LogP contribution in [0.5, 0.6) is 11.5 Å². The van der Waals surface area contributed by atoms with E-state index in [9.17, 15) is 38.9 Å². The number of hydrogen-bond acceptors (Lipinski definition) is 15. The molecule has 2 amide bonds. The number of anilines is 1. The number of carbonyl (C=O) groups is 6. The van der Waals surface area contributed by atoms with Crippen LogP contribution in [0, 0.1) is 10.1 Å². The van der Waals surface area contributed by atoms with Gasteiger partial charge in [-0.05, 0) is 61.4 Å². The van der Waals surface area contributed by atoms with Crippen molar-refractivity contribution >= 4 is 93.1 Å². The average molecular weight is 1020 g/mol. The second kappa shape index (κ2) is 25.4. The molecule has 0 saturated heterocycles. The number of Topliss-reactive ketones (excluding diaryl/α,β-unsaturated/α-hetero) is 2. The molecule has 0 fully saturated rings. The first-order chi connectivity index (χ1) is 32.5.